The van der Waals surface area contributed by atoms with Gasteiger partial charge in [-0.25, -0.2) is 0 Å². The lowest BCUT2D eigenvalue weighted by atomic mass is 10.0. The molecule has 5 aromatic rings. The molecule has 1 N–H and O–H groups in total. The number of thioether (sulfide) groups is 1. The Bertz CT molecular complexity index is 1490. The molecule has 142 valence electrons. The number of hydrogen-bond acceptors (Lipinski definition) is 2. The number of para-hydroxylation sites is 1. The van der Waals surface area contributed by atoms with Crippen molar-refractivity contribution < 1.29 is 4.79 Å². The second-order valence-corrected chi connectivity index (χ2v) is 8.54. The van der Waals surface area contributed by atoms with Crippen molar-refractivity contribution in [2.75, 3.05) is 0 Å². The van der Waals surface area contributed by atoms with Crippen molar-refractivity contribution in [3.8, 4) is 11.3 Å². The maximum atomic E-state index is 13.0. The molecule has 0 fully saturated rings. The molecule has 0 amide bonds. The topological polar surface area (TPSA) is 32.9 Å². The van der Waals surface area contributed by atoms with Gasteiger partial charge >= 0.3 is 0 Å². The summed E-state index contributed by atoms with van der Waals surface area (Å²) in [5.74, 6) is 0.102. The Morgan fingerprint density at radius 1 is 0.767 bits per heavy atom. The molecule has 0 aliphatic carbocycles. The first kappa shape index (κ1) is 17.3. The highest BCUT2D eigenvalue weighted by Crippen LogP contribution is 2.42. The van der Waals surface area contributed by atoms with E-state index in [0.29, 0.717) is 0 Å². The van der Waals surface area contributed by atoms with Crippen molar-refractivity contribution in [2.45, 2.75) is 4.90 Å². The van der Waals surface area contributed by atoms with Gasteiger partial charge in [-0.15, -0.1) is 0 Å². The van der Waals surface area contributed by atoms with Crippen molar-refractivity contribution in [1.29, 1.82) is 0 Å². The Morgan fingerprint density at radius 3 is 2.43 bits per heavy atom. The number of benzene rings is 4. The van der Waals surface area contributed by atoms with Gasteiger partial charge in [0, 0.05) is 26.9 Å². The van der Waals surface area contributed by atoms with Crippen LogP contribution in [0.5, 0.6) is 0 Å². The van der Waals surface area contributed by atoms with Crippen molar-refractivity contribution in [3.63, 3.8) is 0 Å². The summed E-state index contributed by atoms with van der Waals surface area (Å²) in [5, 5.41) is 3.54. The number of rotatable bonds is 2. The molecular formula is C27H17NOS. The fourth-order valence-corrected chi connectivity index (χ4v) is 5.19. The van der Waals surface area contributed by atoms with Crippen LogP contribution in [0.4, 0.5) is 0 Å². The second kappa shape index (κ2) is 6.75. The predicted octanol–water partition coefficient (Wildman–Crippen LogP) is 7.32. The third kappa shape index (κ3) is 2.71. The molecule has 0 bridgehead atoms. The molecule has 2 heterocycles. The highest BCUT2D eigenvalue weighted by atomic mass is 32.2. The lowest BCUT2D eigenvalue weighted by Crippen LogP contribution is -1.93. The van der Waals surface area contributed by atoms with Gasteiger partial charge in [-0.1, -0.05) is 78.5 Å². The van der Waals surface area contributed by atoms with Crippen LogP contribution in [-0.2, 0) is 0 Å². The number of nitrogens with one attached hydrogen (secondary N) is 1. The van der Waals surface area contributed by atoms with Gasteiger partial charge < -0.3 is 4.98 Å². The number of hydrogen-bond donors (Lipinski definition) is 1. The highest BCUT2D eigenvalue weighted by molar-refractivity contribution is 8.04. The summed E-state index contributed by atoms with van der Waals surface area (Å²) in [7, 11) is 0. The summed E-state index contributed by atoms with van der Waals surface area (Å²) >= 11 is 1.56. The molecule has 0 saturated carbocycles. The predicted molar refractivity (Wildman–Crippen MR) is 126 cm³/mol. The minimum absolute atomic E-state index is 0.102. The van der Waals surface area contributed by atoms with Crippen molar-refractivity contribution in [2.24, 2.45) is 0 Å². The molecule has 1 aliphatic heterocycles. The second-order valence-electron chi connectivity index (χ2n) is 7.46. The van der Waals surface area contributed by atoms with Crippen LogP contribution in [0.15, 0.2) is 101 Å². The maximum absolute atomic E-state index is 13.0. The van der Waals surface area contributed by atoms with E-state index in [9.17, 15) is 4.79 Å². The van der Waals surface area contributed by atoms with E-state index >= 15 is 0 Å². The standard InChI is InChI=1S/C27H17NOS/c29-27-21-10-4-6-12-24(21)30-25(27)16-22-20-9-3-5-11-23(20)28-26(22)19-14-13-17-7-1-2-8-18(17)15-19/h1-16,28H/b25-16-. The monoisotopic (exact) mass is 403 g/mol. The van der Waals surface area contributed by atoms with E-state index in [4.69, 9.17) is 0 Å². The third-order valence-corrected chi connectivity index (χ3v) is 6.73. The zero-order chi connectivity index (χ0) is 20.1. The average molecular weight is 404 g/mol. The first-order valence-electron chi connectivity index (χ1n) is 9.91. The maximum Gasteiger partial charge on any atom is 0.200 e. The van der Waals surface area contributed by atoms with E-state index in [1.807, 2.05) is 36.4 Å². The Labute approximate surface area is 178 Å². The number of H-pyrrole nitrogens is 1. The van der Waals surface area contributed by atoms with Crippen LogP contribution in [0.3, 0.4) is 0 Å². The summed E-state index contributed by atoms with van der Waals surface area (Å²) in [5.41, 5.74) is 5.08. The highest BCUT2D eigenvalue weighted by Gasteiger charge is 2.26. The lowest BCUT2D eigenvalue weighted by molar-refractivity contribution is 0.104. The van der Waals surface area contributed by atoms with Gasteiger partial charge in [-0.3, -0.25) is 4.79 Å². The SMILES string of the molecule is O=C1/C(=C/c2c(-c3ccc4ccccc4c3)[nH]c3ccccc23)Sc2ccccc21. The van der Waals surface area contributed by atoms with Crippen LogP contribution in [0.2, 0.25) is 0 Å². The first-order valence-corrected chi connectivity index (χ1v) is 10.7. The zero-order valence-electron chi connectivity index (χ0n) is 16.1. The smallest absolute Gasteiger partial charge is 0.200 e. The van der Waals surface area contributed by atoms with E-state index < -0.39 is 0 Å². The Balaban J connectivity index is 1.56. The van der Waals surface area contributed by atoms with E-state index in [1.54, 1.807) is 11.8 Å². The van der Waals surface area contributed by atoms with Gasteiger partial charge in [0.05, 0.1) is 10.6 Å². The Hall–Kier alpha value is -3.56. The normalized spacial score (nSPS) is 14.7. The van der Waals surface area contributed by atoms with E-state index in [2.05, 4.69) is 65.7 Å². The molecule has 3 heteroatoms. The lowest BCUT2D eigenvalue weighted by Gasteiger charge is -2.05. The number of carbonyl (C=O) groups excluding carboxylic acids is 1. The van der Waals surface area contributed by atoms with Crippen LogP contribution >= 0.6 is 11.8 Å². The largest absolute Gasteiger partial charge is 0.354 e. The first-order chi connectivity index (χ1) is 14.8. The fraction of sp³-hybridized carbons (Fsp3) is 0. The zero-order valence-corrected chi connectivity index (χ0v) is 16.9. The number of aromatic amines is 1. The molecule has 0 spiro atoms. The minimum atomic E-state index is 0.102. The molecule has 4 aromatic carbocycles. The summed E-state index contributed by atoms with van der Waals surface area (Å²) in [6.45, 7) is 0. The molecule has 1 aliphatic rings. The Kier molecular flexibility index (Phi) is 3.90. The van der Waals surface area contributed by atoms with Crippen molar-refractivity contribution in [1.82, 2.24) is 4.98 Å². The summed E-state index contributed by atoms with van der Waals surface area (Å²) < 4.78 is 0. The van der Waals surface area contributed by atoms with Crippen LogP contribution in [0.25, 0.3) is 39.0 Å². The molecule has 0 atom stereocenters. The molecule has 0 saturated heterocycles. The van der Waals surface area contributed by atoms with Crippen LogP contribution in [-0.4, -0.2) is 10.8 Å². The van der Waals surface area contributed by atoms with E-state index in [-0.39, 0.29) is 5.78 Å². The van der Waals surface area contributed by atoms with Gasteiger partial charge in [0.25, 0.3) is 0 Å². The molecule has 30 heavy (non-hydrogen) atoms. The molecule has 6 rings (SSSR count). The molecule has 2 nitrogen and oxygen atoms in total. The molecule has 0 radical (unpaired) electrons. The molecular weight excluding hydrogens is 386 g/mol. The minimum Gasteiger partial charge on any atom is -0.354 e. The summed E-state index contributed by atoms with van der Waals surface area (Å²) in [6, 6.07) is 31.0. The third-order valence-electron chi connectivity index (χ3n) is 5.64. The van der Waals surface area contributed by atoms with Gasteiger partial charge in [0.2, 0.25) is 5.78 Å². The van der Waals surface area contributed by atoms with E-state index in [0.717, 1.165) is 43.1 Å². The number of fused-ring (bicyclic) bond motifs is 3. The van der Waals surface area contributed by atoms with Crippen LogP contribution in [0, 0.1) is 0 Å². The molecule has 1 aromatic heterocycles. The molecule has 0 unspecified atom stereocenters. The van der Waals surface area contributed by atoms with E-state index in [1.165, 1.54) is 10.8 Å². The van der Waals surface area contributed by atoms with Crippen LogP contribution in [0.1, 0.15) is 15.9 Å². The average Bonchev–Trinajstić information content (AvgIpc) is 3.32. The van der Waals surface area contributed by atoms with Gasteiger partial charge in [0.1, 0.15) is 0 Å². The van der Waals surface area contributed by atoms with Gasteiger partial charge in [-0.2, -0.15) is 0 Å². The number of Topliss-reactive ketones (excluding diaryl/α,β-unsaturated/α-hetero) is 1. The number of aromatic nitrogens is 1. The number of carbonyl (C=O) groups is 1. The number of ketones is 1. The van der Waals surface area contributed by atoms with Crippen molar-refractivity contribution >= 4 is 45.3 Å². The van der Waals surface area contributed by atoms with Gasteiger partial charge in [0.15, 0.2) is 0 Å². The Morgan fingerprint density at radius 2 is 1.53 bits per heavy atom. The fourth-order valence-electron chi connectivity index (χ4n) is 4.15. The quantitative estimate of drug-likeness (QED) is 0.313. The van der Waals surface area contributed by atoms with Gasteiger partial charge in [-0.05, 0) is 46.7 Å². The number of allylic oxidation sites excluding steroid dienone is 1. The van der Waals surface area contributed by atoms with Crippen LogP contribution < -0.4 is 0 Å². The summed E-state index contributed by atoms with van der Waals surface area (Å²) in [6.07, 6.45) is 2.05. The summed E-state index contributed by atoms with van der Waals surface area (Å²) in [4.78, 5) is 18.4. The van der Waals surface area contributed by atoms with Crippen molar-refractivity contribution in [3.05, 3.63) is 107 Å².